The van der Waals surface area contributed by atoms with Gasteiger partial charge in [0.1, 0.15) is 41.6 Å². The smallest absolute Gasteiger partial charge is 0.243 e. The summed E-state index contributed by atoms with van der Waals surface area (Å²) in [5.74, 6) is 4.29. The van der Waals surface area contributed by atoms with E-state index in [1.165, 1.54) is 33.3 Å². The third-order valence-electron chi connectivity index (χ3n) is 26.2. The highest BCUT2D eigenvalue weighted by atomic mass is 32.2. The molecular weight excluding hydrogens is 1780 g/mol. The zero-order valence-corrected chi connectivity index (χ0v) is 86.3. The van der Waals surface area contributed by atoms with E-state index in [2.05, 4.69) is 94.1 Å². The molecule has 0 aromatic heterocycles. The molecule has 25 nitrogen and oxygen atoms in total. The molecule has 6 heterocycles. The van der Waals surface area contributed by atoms with Crippen molar-refractivity contribution in [3.8, 4) is 34.5 Å². The lowest BCUT2D eigenvalue weighted by atomic mass is 10.0. The second-order valence-electron chi connectivity index (χ2n) is 36.1. The number of rotatable bonds is 24. The van der Waals surface area contributed by atoms with Gasteiger partial charge in [0.05, 0.1) is 62.6 Å². The Morgan fingerprint density at radius 2 is 0.530 bits per heavy atom. The molecule has 6 aromatic carbocycles. The first-order valence-corrected chi connectivity index (χ1v) is 55.8. The molecular formula is C101H179N10O15P3S3. The molecule has 6 aliphatic heterocycles. The zero-order valence-electron chi connectivity index (χ0n) is 81.1. The van der Waals surface area contributed by atoms with Crippen LogP contribution in [0, 0.1) is 41.5 Å². The summed E-state index contributed by atoms with van der Waals surface area (Å²) in [6, 6.07) is 36.3. The minimum absolute atomic E-state index is 0. The average molecular weight is 1960 g/mol. The van der Waals surface area contributed by atoms with Crippen molar-refractivity contribution in [2.45, 2.75) is 257 Å². The standard InChI is InChI=1S/C21H36N3O2P.C20H33N3O3S.C16H27N2O2P.C15H24N2O3S.C12H19O2P.C11H16O3S.6CH4/c1-17(2)22-12-14-23(15-13-22)19-8-10-24(11-9-19)27(5,25)20-7-6-18(3)21(16-20)26-4;1-16(2)21-11-13-22(14-12-21)18-7-9-23(10-8-18)27(24,25)19-6-5-17(3)20(15-19)26-4;1-13(2)17-8-10-18(11-9-17)21(5,19)15-7-6-14(3)16(12-15)20-4;1-12(2)16-7-9-17(10-8-16)21(18,19)14-6-5-13(3)15(11-14)20-4;1-9(2)15(5,13)11-7-6-10(3)12(8-11)14-4;1-8(2)15(12,13)10-6-5-9(3)11(7-10)14-4;;;;;;/h6-7,16-17,19H,8-15H2,1-5H3;5-6,15-16,18H,7-14H2,1-4H3;6-7,12-13H,8-11H2,1-5H3;5-6,11-12H,7-10H2,1-4H3;6-9H,1-5H3;5-8H,1-4H3;6*1H4. The second-order valence-corrected chi connectivity index (χ2v) is 51.7. The van der Waals surface area contributed by atoms with Crippen LogP contribution in [0.25, 0.3) is 0 Å². The number of sulfone groups is 1. The maximum atomic E-state index is 13.6. The van der Waals surface area contributed by atoms with Crippen LogP contribution in [0.5, 0.6) is 34.5 Å². The minimum Gasteiger partial charge on any atom is -0.496 e. The van der Waals surface area contributed by atoms with Crippen LogP contribution in [0.4, 0.5) is 0 Å². The van der Waals surface area contributed by atoms with E-state index < -0.39 is 56.9 Å². The van der Waals surface area contributed by atoms with E-state index in [9.17, 15) is 38.9 Å². The van der Waals surface area contributed by atoms with Crippen LogP contribution in [0.2, 0.25) is 0 Å². The van der Waals surface area contributed by atoms with E-state index >= 15 is 0 Å². The van der Waals surface area contributed by atoms with Gasteiger partial charge >= 0.3 is 0 Å². The summed E-state index contributed by atoms with van der Waals surface area (Å²) in [7, 11) is -7.77. The van der Waals surface area contributed by atoms with Crippen molar-refractivity contribution in [1.82, 2.24) is 47.4 Å². The third-order valence-corrected chi connectivity index (χ3v) is 40.8. The first-order valence-electron chi connectivity index (χ1n) is 45.0. The van der Waals surface area contributed by atoms with Crippen molar-refractivity contribution in [1.29, 1.82) is 0 Å². The van der Waals surface area contributed by atoms with Gasteiger partial charge < -0.3 is 42.1 Å². The number of methoxy groups -OCH3 is 6. The van der Waals surface area contributed by atoms with Gasteiger partial charge in [-0.2, -0.15) is 8.61 Å². The second kappa shape index (κ2) is 55.7. The molecule has 6 fully saturated rings. The van der Waals surface area contributed by atoms with Crippen LogP contribution in [0.1, 0.15) is 187 Å². The number of hydrogen-bond acceptors (Lipinski definition) is 21. The Labute approximate surface area is 804 Å². The normalized spacial score (nSPS) is 18.4. The number of nitrogens with zero attached hydrogens (tertiary/aromatic N) is 10. The summed E-state index contributed by atoms with van der Waals surface area (Å²) in [5, 5.41) is 2.29. The van der Waals surface area contributed by atoms with Gasteiger partial charge in [-0.25, -0.2) is 34.6 Å². The summed E-state index contributed by atoms with van der Waals surface area (Å²) >= 11 is 0. The lowest BCUT2D eigenvalue weighted by Gasteiger charge is -2.44. The Bertz CT molecular complexity index is 4980. The van der Waals surface area contributed by atoms with Crippen molar-refractivity contribution >= 4 is 67.5 Å². The Morgan fingerprint density at radius 3 is 0.818 bits per heavy atom. The monoisotopic (exact) mass is 1960 g/mol. The molecule has 0 radical (unpaired) electrons. The van der Waals surface area contributed by atoms with E-state index in [-0.39, 0.29) is 50.2 Å². The molecule has 0 saturated carbocycles. The molecule has 0 bridgehead atoms. The van der Waals surface area contributed by atoms with Gasteiger partial charge in [0, 0.05) is 214 Å². The predicted octanol–water partition coefficient (Wildman–Crippen LogP) is 18.5. The highest BCUT2D eigenvalue weighted by Gasteiger charge is 2.38. The van der Waals surface area contributed by atoms with Crippen molar-refractivity contribution in [2.24, 2.45) is 0 Å². The van der Waals surface area contributed by atoms with E-state index in [4.69, 9.17) is 28.4 Å². The summed E-state index contributed by atoms with van der Waals surface area (Å²) in [4.78, 5) is 16.0. The molecule has 132 heavy (non-hydrogen) atoms. The van der Waals surface area contributed by atoms with E-state index in [0.717, 1.165) is 171 Å². The summed E-state index contributed by atoms with van der Waals surface area (Å²) < 4.78 is 154. The highest BCUT2D eigenvalue weighted by molar-refractivity contribution is 7.92. The zero-order chi connectivity index (χ0) is 93.7. The fraction of sp³-hybridized carbons (Fsp3) is 0.644. The summed E-state index contributed by atoms with van der Waals surface area (Å²) in [6.45, 7) is 60.8. The van der Waals surface area contributed by atoms with Crippen molar-refractivity contribution in [3.05, 3.63) is 143 Å². The predicted molar refractivity (Wildman–Crippen MR) is 560 cm³/mol. The molecule has 6 aliphatic rings. The number of piperazine rings is 4. The topological polar surface area (TPSA) is 241 Å². The first-order chi connectivity index (χ1) is 59.1. The van der Waals surface area contributed by atoms with E-state index in [0.29, 0.717) is 94.4 Å². The van der Waals surface area contributed by atoms with Gasteiger partial charge in [-0.15, -0.1) is 0 Å². The number of aryl methyl sites for hydroxylation is 6. The number of hydrogen-bond donors (Lipinski definition) is 0. The lowest BCUT2D eigenvalue weighted by Crippen LogP contribution is -2.54. The number of ether oxygens (including phenoxy) is 6. The fourth-order valence-corrected chi connectivity index (χ4v) is 26.0. The molecule has 0 N–H and O–H groups in total. The quantitative estimate of drug-likeness (QED) is 0.0511. The van der Waals surface area contributed by atoms with Gasteiger partial charge in [-0.05, 0) is 231 Å². The fourth-order valence-electron chi connectivity index (χ4n) is 16.7. The number of piperidine rings is 2. The van der Waals surface area contributed by atoms with Crippen molar-refractivity contribution in [2.75, 3.05) is 194 Å². The molecule has 12 rings (SSSR count). The van der Waals surface area contributed by atoms with Gasteiger partial charge in [0.2, 0.25) is 20.0 Å². The van der Waals surface area contributed by atoms with Crippen LogP contribution in [-0.4, -0.2) is 313 Å². The Morgan fingerprint density at radius 1 is 0.295 bits per heavy atom. The molecule has 0 amide bonds. The number of sulfonamides is 2. The lowest BCUT2D eigenvalue weighted by molar-refractivity contribution is 0.0592. The molecule has 6 aromatic rings. The van der Waals surface area contributed by atoms with E-state index in [1.54, 1.807) is 107 Å². The van der Waals surface area contributed by atoms with Gasteiger partial charge in [-0.1, -0.05) is 101 Å². The molecule has 0 spiro atoms. The van der Waals surface area contributed by atoms with Gasteiger partial charge in [0.25, 0.3) is 0 Å². The molecule has 31 heteroatoms. The first kappa shape index (κ1) is 124. The van der Waals surface area contributed by atoms with Gasteiger partial charge in [-0.3, -0.25) is 29.4 Å². The molecule has 3 unspecified atom stereocenters. The van der Waals surface area contributed by atoms with Crippen LogP contribution < -0.4 is 44.3 Å². The maximum absolute atomic E-state index is 13.6. The average Bonchev–Trinajstić information content (AvgIpc) is 0.807. The Balaban J connectivity index is 0.000000795. The minimum atomic E-state index is -3.46. The maximum Gasteiger partial charge on any atom is 0.243 e. The van der Waals surface area contributed by atoms with Crippen LogP contribution in [0.15, 0.2) is 124 Å². The van der Waals surface area contributed by atoms with Crippen LogP contribution >= 0.6 is 21.7 Å². The van der Waals surface area contributed by atoms with Crippen LogP contribution in [-0.2, 0) is 43.6 Å². The van der Waals surface area contributed by atoms with Crippen molar-refractivity contribution < 1.29 is 67.4 Å². The summed E-state index contributed by atoms with van der Waals surface area (Å²) in [5.41, 5.74) is 6.21. The molecule has 6 saturated heterocycles. The van der Waals surface area contributed by atoms with Gasteiger partial charge in [0.15, 0.2) is 24.4 Å². The SMILES string of the molecule is C.C.C.C.C.C.COc1cc(P(C)(=O)C(C)C)ccc1C.COc1cc(P(C)(=O)N2CCC(N3CCN(C(C)C)CC3)CC2)ccc1C.COc1cc(P(C)(=O)N2CCN(C(C)C)CC2)ccc1C.COc1cc(S(=O)(=O)C(C)C)ccc1C.COc1cc(S(=O)(=O)N2CCC(N3CCN(C(C)C)CC3)CC2)ccc1C.COc1cc(S(=O)(=O)N2CCN(C(C)C)CC2)ccc1C. The third kappa shape index (κ3) is 32.7. The highest BCUT2D eigenvalue weighted by Crippen LogP contribution is 2.49. The van der Waals surface area contributed by atoms with E-state index in [1.807, 2.05) is 136 Å². The Hall–Kier alpha value is -5.74. The van der Waals surface area contributed by atoms with Crippen molar-refractivity contribution in [3.63, 3.8) is 0 Å². The number of benzene rings is 6. The Kier molecular flexibility index (Phi) is 52.5. The van der Waals surface area contributed by atoms with Crippen LogP contribution in [0.3, 0.4) is 0 Å². The summed E-state index contributed by atoms with van der Waals surface area (Å²) in [6.07, 6.45) is 4.04. The molecule has 0 aliphatic carbocycles. The largest absolute Gasteiger partial charge is 0.496 e. The molecule has 3 atom stereocenters. The molecule has 756 valence electrons.